The number of nitrogens with one attached hydrogen (secondary N) is 2. The lowest BCUT2D eigenvalue weighted by Crippen LogP contribution is -2.46. The summed E-state index contributed by atoms with van der Waals surface area (Å²) in [6.45, 7) is 2.68. The van der Waals surface area contributed by atoms with E-state index in [-0.39, 0.29) is 29.1 Å². The quantitative estimate of drug-likeness (QED) is 0.700. The van der Waals surface area contributed by atoms with Crippen LogP contribution in [0.3, 0.4) is 0 Å². The highest BCUT2D eigenvalue weighted by Gasteiger charge is 2.26. The predicted octanol–water partition coefficient (Wildman–Crippen LogP) is 1.50. The van der Waals surface area contributed by atoms with Crippen molar-refractivity contribution in [1.29, 1.82) is 0 Å². The first-order valence-corrected chi connectivity index (χ1v) is 9.36. The number of benzene rings is 1. The lowest BCUT2D eigenvalue weighted by molar-refractivity contribution is 0.0692. The second-order valence-corrected chi connectivity index (χ2v) is 7.17. The number of H-pyrrole nitrogens is 1. The zero-order valence-corrected chi connectivity index (χ0v) is 15.8. The number of amides is 2. The molecule has 1 aromatic carbocycles. The summed E-state index contributed by atoms with van der Waals surface area (Å²) in [5.41, 5.74) is 1.30. The number of fused-ring (bicyclic) bond motifs is 1. The molecule has 150 valence electrons. The lowest BCUT2D eigenvalue weighted by atomic mass is 10.0. The molecular formula is C20H20FN5O3. The summed E-state index contributed by atoms with van der Waals surface area (Å²) < 4.78 is 14.4. The van der Waals surface area contributed by atoms with Gasteiger partial charge in [-0.1, -0.05) is 0 Å². The molecule has 4 rings (SSSR count). The molecule has 0 aliphatic carbocycles. The number of carbonyl (C=O) groups excluding carboxylic acids is 2. The number of piperidine rings is 1. The third-order valence-electron chi connectivity index (χ3n) is 5.04. The van der Waals surface area contributed by atoms with Crippen LogP contribution in [-0.4, -0.2) is 50.4 Å². The number of likely N-dealkylation sites (tertiary alicyclic amines) is 1. The first-order chi connectivity index (χ1) is 13.9. The van der Waals surface area contributed by atoms with Crippen molar-refractivity contribution in [1.82, 2.24) is 24.8 Å². The molecule has 2 aromatic heterocycles. The highest BCUT2D eigenvalue weighted by molar-refractivity contribution is 5.95. The van der Waals surface area contributed by atoms with Gasteiger partial charge in [-0.05, 0) is 44.0 Å². The summed E-state index contributed by atoms with van der Waals surface area (Å²) in [6, 6.07) is 6.80. The van der Waals surface area contributed by atoms with Crippen LogP contribution in [0.15, 0.2) is 41.3 Å². The van der Waals surface area contributed by atoms with Crippen LogP contribution in [-0.2, 0) is 0 Å². The minimum Gasteiger partial charge on any atom is -0.349 e. The van der Waals surface area contributed by atoms with Crippen molar-refractivity contribution in [2.24, 2.45) is 0 Å². The molecule has 3 heterocycles. The molecule has 1 aliphatic rings. The molecule has 2 amide bonds. The van der Waals surface area contributed by atoms with Crippen LogP contribution in [0.25, 0.3) is 5.52 Å². The van der Waals surface area contributed by atoms with Crippen LogP contribution in [0, 0.1) is 12.7 Å². The smallest absolute Gasteiger partial charge is 0.274 e. The van der Waals surface area contributed by atoms with Crippen molar-refractivity contribution >= 4 is 17.3 Å². The number of halogens is 1. The largest absolute Gasteiger partial charge is 0.349 e. The Balaban J connectivity index is 1.38. The second kappa shape index (κ2) is 7.50. The number of rotatable bonds is 3. The maximum absolute atomic E-state index is 13.0. The van der Waals surface area contributed by atoms with E-state index in [0.717, 1.165) is 0 Å². The Morgan fingerprint density at radius 1 is 1.21 bits per heavy atom. The molecule has 0 unspecified atom stereocenters. The molecule has 1 fully saturated rings. The fourth-order valence-corrected chi connectivity index (χ4v) is 3.48. The van der Waals surface area contributed by atoms with Gasteiger partial charge in [-0.3, -0.25) is 14.4 Å². The lowest BCUT2D eigenvalue weighted by Gasteiger charge is -2.32. The van der Waals surface area contributed by atoms with E-state index in [0.29, 0.717) is 42.7 Å². The zero-order chi connectivity index (χ0) is 20.5. The fourth-order valence-electron chi connectivity index (χ4n) is 3.48. The van der Waals surface area contributed by atoms with Gasteiger partial charge in [0.2, 0.25) is 0 Å². The highest BCUT2D eigenvalue weighted by atomic mass is 19.1. The van der Waals surface area contributed by atoms with E-state index >= 15 is 0 Å². The topological polar surface area (TPSA) is 99.6 Å². The Hall–Kier alpha value is -3.49. The summed E-state index contributed by atoms with van der Waals surface area (Å²) in [6.07, 6.45) is 2.86. The first-order valence-electron chi connectivity index (χ1n) is 9.36. The first kappa shape index (κ1) is 18.9. The Kier molecular flexibility index (Phi) is 4.87. The number of hydrogen-bond acceptors (Lipinski definition) is 4. The van der Waals surface area contributed by atoms with E-state index in [4.69, 9.17) is 0 Å². The molecule has 0 radical (unpaired) electrons. The van der Waals surface area contributed by atoms with Gasteiger partial charge in [-0.25, -0.2) is 8.91 Å². The van der Waals surface area contributed by atoms with Gasteiger partial charge in [-0.2, -0.15) is 5.10 Å². The normalized spacial score (nSPS) is 14.9. The van der Waals surface area contributed by atoms with E-state index in [1.807, 2.05) is 0 Å². The van der Waals surface area contributed by atoms with Gasteiger partial charge in [0.05, 0.1) is 0 Å². The van der Waals surface area contributed by atoms with E-state index in [1.165, 1.54) is 34.8 Å². The van der Waals surface area contributed by atoms with Gasteiger partial charge in [-0.15, -0.1) is 0 Å². The molecule has 1 aliphatic heterocycles. The van der Waals surface area contributed by atoms with Crippen molar-refractivity contribution in [2.75, 3.05) is 13.1 Å². The summed E-state index contributed by atoms with van der Waals surface area (Å²) >= 11 is 0. The van der Waals surface area contributed by atoms with Gasteiger partial charge in [0.1, 0.15) is 11.3 Å². The molecule has 2 N–H and O–H groups in total. The third-order valence-corrected chi connectivity index (χ3v) is 5.04. The Morgan fingerprint density at radius 3 is 2.59 bits per heavy atom. The molecule has 0 bridgehead atoms. The van der Waals surface area contributed by atoms with Crippen LogP contribution < -0.4 is 10.9 Å². The van der Waals surface area contributed by atoms with Crippen LogP contribution >= 0.6 is 0 Å². The highest BCUT2D eigenvalue weighted by Crippen LogP contribution is 2.15. The molecule has 3 aromatic rings. The molecule has 0 saturated carbocycles. The number of aromatic amines is 1. The summed E-state index contributed by atoms with van der Waals surface area (Å²) in [4.78, 5) is 41.4. The van der Waals surface area contributed by atoms with E-state index in [2.05, 4.69) is 15.4 Å². The monoisotopic (exact) mass is 397 g/mol. The van der Waals surface area contributed by atoms with E-state index in [1.54, 1.807) is 18.0 Å². The van der Waals surface area contributed by atoms with Crippen LogP contribution in [0.4, 0.5) is 4.39 Å². The average Bonchev–Trinajstić information content (AvgIpc) is 3.13. The molecule has 29 heavy (non-hydrogen) atoms. The van der Waals surface area contributed by atoms with Crippen LogP contribution in [0.1, 0.15) is 39.4 Å². The summed E-state index contributed by atoms with van der Waals surface area (Å²) in [5, 5.41) is 7.15. The van der Waals surface area contributed by atoms with E-state index < -0.39 is 5.82 Å². The third kappa shape index (κ3) is 3.89. The number of aryl methyl sites for hydroxylation is 1. The number of nitrogens with zero attached hydrogens (tertiary/aromatic N) is 3. The number of aromatic nitrogens is 3. The maximum atomic E-state index is 13.0. The fraction of sp³-hybridized carbons (Fsp3) is 0.300. The molecule has 9 heteroatoms. The maximum Gasteiger partial charge on any atom is 0.274 e. The van der Waals surface area contributed by atoms with Crippen LogP contribution in [0.5, 0.6) is 0 Å². The Labute approximate surface area is 165 Å². The average molecular weight is 397 g/mol. The van der Waals surface area contributed by atoms with Crippen molar-refractivity contribution in [3.05, 3.63) is 69.7 Å². The van der Waals surface area contributed by atoms with Gasteiger partial charge in [0.25, 0.3) is 17.4 Å². The minimum absolute atomic E-state index is 0.0665. The molecule has 0 atom stereocenters. The minimum atomic E-state index is -0.391. The second-order valence-electron chi connectivity index (χ2n) is 7.17. The van der Waals surface area contributed by atoms with Crippen molar-refractivity contribution < 1.29 is 14.0 Å². The molecule has 0 spiro atoms. The zero-order valence-electron chi connectivity index (χ0n) is 15.8. The van der Waals surface area contributed by atoms with Crippen molar-refractivity contribution in [3.63, 3.8) is 0 Å². The number of hydrogen-bond donors (Lipinski definition) is 2. The summed E-state index contributed by atoms with van der Waals surface area (Å²) in [5.74, 6) is -0.892. The molecule has 8 nitrogen and oxygen atoms in total. The molecular weight excluding hydrogens is 377 g/mol. The number of carbonyl (C=O) groups is 2. The van der Waals surface area contributed by atoms with Gasteiger partial charge in [0.15, 0.2) is 5.69 Å². The Morgan fingerprint density at radius 2 is 1.90 bits per heavy atom. The van der Waals surface area contributed by atoms with Crippen LogP contribution in [0.2, 0.25) is 0 Å². The van der Waals surface area contributed by atoms with Crippen molar-refractivity contribution in [2.45, 2.75) is 25.8 Å². The van der Waals surface area contributed by atoms with E-state index in [9.17, 15) is 18.8 Å². The van der Waals surface area contributed by atoms with Gasteiger partial charge in [0, 0.05) is 42.7 Å². The Bertz CT molecular complexity index is 1130. The summed E-state index contributed by atoms with van der Waals surface area (Å²) in [7, 11) is 0. The van der Waals surface area contributed by atoms with Gasteiger partial charge < -0.3 is 15.2 Å². The SMILES string of the molecule is Cc1cn2nc(C(=O)N3CCC(NC(=O)c4ccc(F)cc4)CC3)cc2c(=O)[nH]1. The molecule has 1 saturated heterocycles. The predicted molar refractivity (Wildman–Crippen MR) is 103 cm³/mol. The standard InChI is InChI=1S/C20H20FN5O3/c1-12-11-26-17(19(28)22-12)10-16(24-26)20(29)25-8-6-15(7-9-25)23-18(27)13-2-4-14(21)5-3-13/h2-5,10-11,15H,6-9H2,1H3,(H,22,28)(H,23,27). The van der Waals surface area contributed by atoms with Gasteiger partial charge >= 0.3 is 0 Å². The van der Waals surface area contributed by atoms with Crippen molar-refractivity contribution in [3.8, 4) is 0 Å².